The van der Waals surface area contributed by atoms with Crippen LogP contribution in [0.15, 0.2) is 30.3 Å². The zero-order valence-electron chi connectivity index (χ0n) is 23.6. The molecule has 0 atom stereocenters. The van der Waals surface area contributed by atoms with Crippen molar-refractivity contribution in [2.75, 3.05) is 37.7 Å². The van der Waals surface area contributed by atoms with Crippen molar-refractivity contribution >= 4 is 52.4 Å². The fourth-order valence-electron chi connectivity index (χ4n) is 5.30. The first-order chi connectivity index (χ1) is 19.7. The van der Waals surface area contributed by atoms with Gasteiger partial charge >= 0.3 is 5.97 Å². The Morgan fingerprint density at radius 1 is 1.12 bits per heavy atom. The van der Waals surface area contributed by atoms with Crippen LogP contribution >= 0.6 is 35.3 Å². The SMILES string of the molecule is Cc1cc(-c2nnc(N(CC3CC3)C(=O)c3cccc(F)c3Cl)s2)cc(C)c1OCCN1CCC(CC(=O)O)CC1.Cl. The molecule has 1 N–H and O–H groups in total. The van der Waals surface area contributed by atoms with Gasteiger partial charge in [-0.15, -0.1) is 22.6 Å². The Kier molecular flexibility index (Phi) is 10.8. The smallest absolute Gasteiger partial charge is 0.303 e. The van der Waals surface area contributed by atoms with E-state index in [1.165, 1.54) is 29.5 Å². The van der Waals surface area contributed by atoms with Crippen molar-refractivity contribution in [3.8, 4) is 16.3 Å². The lowest BCUT2D eigenvalue weighted by Crippen LogP contribution is -2.37. The average molecular weight is 638 g/mol. The quantitative estimate of drug-likeness (QED) is 0.251. The molecule has 3 aromatic rings. The monoisotopic (exact) mass is 636 g/mol. The molecule has 5 rings (SSSR count). The molecule has 0 unspecified atom stereocenters. The molecule has 1 amide bonds. The molecule has 0 radical (unpaired) electrons. The molecule has 2 aliphatic rings. The van der Waals surface area contributed by atoms with Crippen molar-refractivity contribution in [2.24, 2.45) is 11.8 Å². The molecule has 42 heavy (non-hydrogen) atoms. The molecule has 1 aliphatic carbocycles. The molecule has 1 saturated carbocycles. The second-order valence-corrected chi connectivity index (χ2v) is 12.4. The first kappa shape index (κ1) is 32.1. The second-order valence-electron chi connectivity index (χ2n) is 11.0. The molecule has 1 saturated heterocycles. The minimum atomic E-state index is -0.719. The number of rotatable bonds is 11. The molecule has 1 aliphatic heterocycles. The number of amides is 1. The van der Waals surface area contributed by atoms with Gasteiger partial charge in [0, 0.05) is 25.1 Å². The average Bonchev–Trinajstić information content (AvgIpc) is 3.63. The van der Waals surface area contributed by atoms with Crippen molar-refractivity contribution < 1.29 is 23.8 Å². The van der Waals surface area contributed by atoms with Gasteiger partial charge in [0.25, 0.3) is 5.91 Å². The Morgan fingerprint density at radius 2 is 1.81 bits per heavy atom. The number of carboxylic acids is 1. The topological polar surface area (TPSA) is 95.9 Å². The number of carboxylic acid groups (broad SMARTS) is 1. The number of carbonyl (C=O) groups is 2. The maximum absolute atomic E-state index is 14.1. The van der Waals surface area contributed by atoms with Gasteiger partial charge in [-0.3, -0.25) is 19.4 Å². The van der Waals surface area contributed by atoms with E-state index in [9.17, 15) is 14.0 Å². The van der Waals surface area contributed by atoms with E-state index < -0.39 is 11.8 Å². The number of benzene rings is 2. The number of hydrogen-bond acceptors (Lipinski definition) is 7. The number of aliphatic carboxylic acids is 1. The third kappa shape index (κ3) is 7.78. The van der Waals surface area contributed by atoms with Crippen LogP contribution in [0.1, 0.15) is 53.6 Å². The number of piperidine rings is 1. The van der Waals surface area contributed by atoms with Crippen LogP contribution < -0.4 is 9.64 Å². The minimum absolute atomic E-state index is 0. The predicted octanol–water partition coefficient (Wildman–Crippen LogP) is 6.66. The summed E-state index contributed by atoms with van der Waals surface area (Å²) in [6, 6.07) is 8.27. The summed E-state index contributed by atoms with van der Waals surface area (Å²) >= 11 is 7.46. The number of carbonyl (C=O) groups excluding carboxylic acids is 1. The molecule has 2 heterocycles. The zero-order chi connectivity index (χ0) is 29.1. The minimum Gasteiger partial charge on any atom is -0.492 e. The standard InChI is InChI=1S/C30H34ClFN4O4S.ClH/c1-18-14-22(15-19(2)27(18)40-13-12-35-10-8-20(9-11-35)16-25(37)38)28-33-34-30(41-28)36(17-21-6-7-21)29(39)23-4-3-5-24(32)26(23)31;/h3-5,14-15,20-21H,6-13,16-17H2,1-2H3,(H,37,38);1H. The van der Waals surface area contributed by atoms with Crippen LogP contribution in [-0.4, -0.2) is 64.9 Å². The summed E-state index contributed by atoms with van der Waals surface area (Å²) in [6.07, 6.45) is 4.13. The van der Waals surface area contributed by atoms with Crippen LogP contribution in [0, 0.1) is 31.5 Å². The zero-order valence-corrected chi connectivity index (χ0v) is 26.0. The van der Waals surface area contributed by atoms with Gasteiger partial charge in [0.05, 0.1) is 10.6 Å². The van der Waals surface area contributed by atoms with Crippen molar-refractivity contribution in [2.45, 2.75) is 46.0 Å². The number of hydrogen-bond donors (Lipinski definition) is 1. The summed E-state index contributed by atoms with van der Waals surface area (Å²) in [5.74, 6) is -0.243. The molecule has 1 aromatic heterocycles. The van der Waals surface area contributed by atoms with E-state index in [-0.39, 0.29) is 41.2 Å². The highest BCUT2D eigenvalue weighted by molar-refractivity contribution is 7.18. The Morgan fingerprint density at radius 3 is 2.45 bits per heavy atom. The van der Waals surface area contributed by atoms with Gasteiger partial charge < -0.3 is 9.84 Å². The highest BCUT2D eigenvalue weighted by atomic mass is 35.5. The lowest BCUT2D eigenvalue weighted by atomic mass is 9.94. The summed E-state index contributed by atoms with van der Waals surface area (Å²) in [4.78, 5) is 28.3. The normalized spacial score (nSPS) is 15.7. The van der Waals surface area contributed by atoms with E-state index in [2.05, 4.69) is 15.1 Å². The molecular weight excluding hydrogens is 602 g/mol. The van der Waals surface area contributed by atoms with E-state index in [1.807, 2.05) is 26.0 Å². The Bertz CT molecular complexity index is 1400. The first-order valence-corrected chi connectivity index (χ1v) is 15.2. The van der Waals surface area contributed by atoms with Crippen molar-refractivity contribution in [1.82, 2.24) is 15.1 Å². The Balaban J connectivity index is 0.00000405. The number of aryl methyl sites for hydroxylation is 2. The van der Waals surface area contributed by atoms with E-state index in [4.69, 9.17) is 21.4 Å². The Hall–Kier alpha value is -2.79. The lowest BCUT2D eigenvalue weighted by molar-refractivity contribution is -0.138. The largest absolute Gasteiger partial charge is 0.492 e. The van der Waals surface area contributed by atoms with E-state index in [0.29, 0.717) is 29.2 Å². The van der Waals surface area contributed by atoms with Gasteiger partial charge in [-0.25, -0.2) is 4.39 Å². The van der Waals surface area contributed by atoms with Crippen molar-refractivity contribution in [3.05, 3.63) is 57.9 Å². The van der Waals surface area contributed by atoms with Crippen LogP contribution in [0.4, 0.5) is 9.52 Å². The van der Waals surface area contributed by atoms with Gasteiger partial charge in [-0.2, -0.15) is 0 Å². The predicted molar refractivity (Wildman–Crippen MR) is 165 cm³/mol. The molecule has 0 spiro atoms. The van der Waals surface area contributed by atoms with Crippen molar-refractivity contribution in [1.29, 1.82) is 0 Å². The fourth-order valence-corrected chi connectivity index (χ4v) is 6.35. The summed E-state index contributed by atoms with van der Waals surface area (Å²) < 4.78 is 20.3. The second kappa shape index (κ2) is 14.1. The van der Waals surface area contributed by atoms with E-state index in [0.717, 1.165) is 67.8 Å². The fraction of sp³-hybridized carbons (Fsp3) is 0.467. The molecule has 226 valence electrons. The molecule has 12 heteroatoms. The highest BCUT2D eigenvalue weighted by Crippen LogP contribution is 2.37. The van der Waals surface area contributed by atoms with Crippen LogP contribution in [0.5, 0.6) is 5.75 Å². The summed E-state index contributed by atoms with van der Waals surface area (Å²) in [6.45, 7) is 7.61. The Labute approximate surface area is 260 Å². The number of nitrogens with zero attached hydrogens (tertiary/aromatic N) is 4. The lowest BCUT2D eigenvalue weighted by Gasteiger charge is -2.31. The number of likely N-dealkylation sites (tertiary alicyclic amines) is 1. The highest BCUT2D eigenvalue weighted by Gasteiger charge is 2.31. The molecule has 2 aromatic carbocycles. The first-order valence-electron chi connectivity index (χ1n) is 14.0. The molecule has 8 nitrogen and oxygen atoms in total. The van der Waals surface area contributed by atoms with Gasteiger partial charge in [0.2, 0.25) is 5.13 Å². The van der Waals surface area contributed by atoms with Gasteiger partial charge in [-0.05, 0) is 99.8 Å². The molecular formula is C30H35Cl2FN4O4S. The van der Waals surface area contributed by atoms with E-state index in [1.54, 1.807) is 4.90 Å². The van der Waals surface area contributed by atoms with Gasteiger partial charge in [-0.1, -0.05) is 29.0 Å². The van der Waals surface area contributed by atoms with Crippen LogP contribution in [-0.2, 0) is 4.79 Å². The number of ether oxygens (including phenoxy) is 1. The summed E-state index contributed by atoms with van der Waals surface area (Å²) in [5, 5.41) is 18.7. The third-order valence-corrected chi connectivity index (χ3v) is 9.12. The van der Waals surface area contributed by atoms with Gasteiger partial charge in [0.15, 0.2) is 0 Å². The number of aromatic nitrogens is 2. The van der Waals surface area contributed by atoms with Crippen molar-refractivity contribution in [3.63, 3.8) is 0 Å². The number of halogens is 3. The summed E-state index contributed by atoms with van der Waals surface area (Å²) in [5.41, 5.74) is 2.96. The van der Waals surface area contributed by atoms with E-state index >= 15 is 0 Å². The van der Waals surface area contributed by atoms with Gasteiger partial charge in [0.1, 0.15) is 23.2 Å². The molecule has 2 fully saturated rings. The summed E-state index contributed by atoms with van der Waals surface area (Å²) in [7, 11) is 0. The maximum Gasteiger partial charge on any atom is 0.303 e. The maximum atomic E-state index is 14.1. The van der Waals surface area contributed by atoms with Crippen LogP contribution in [0.25, 0.3) is 10.6 Å². The van der Waals surface area contributed by atoms with Crippen LogP contribution in [0.2, 0.25) is 5.02 Å². The third-order valence-electron chi connectivity index (χ3n) is 7.74. The van der Waals surface area contributed by atoms with Crippen LogP contribution in [0.3, 0.4) is 0 Å². The number of anilines is 1. The molecule has 0 bridgehead atoms.